The van der Waals surface area contributed by atoms with Crippen molar-refractivity contribution in [3.63, 3.8) is 0 Å². The van der Waals surface area contributed by atoms with E-state index in [1.165, 1.54) is 7.11 Å². The van der Waals surface area contributed by atoms with E-state index >= 15 is 0 Å². The van der Waals surface area contributed by atoms with Gasteiger partial charge in [-0.2, -0.15) is 0 Å². The molecule has 1 unspecified atom stereocenters. The van der Waals surface area contributed by atoms with Crippen molar-refractivity contribution in [3.05, 3.63) is 35.4 Å². The molecule has 0 bridgehead atoms. The van der Waals surface area contributed by atoms with E-state index in [2.05, 4.69) is 9.47 Å². The fourth-order valence-corrected chi connectivity index (χ4v) is 1.36. The van der Waals surface area contributed by atoms with Crippen molar-refractivity contribution in [3.8, 4) is 0 Å². The van der Waals surface area contributed by atoms with Gasteiger partial charge in [-0.3, -0.25) is 0 Å². The van der Waals surface area contributed by atoms with Crippen molar-refractivity contribution >= 4 is 5.97 Å². The van der Waals surface area contributed by atoms with Crippen molar-refractivity contribution in [1.82, 2.24) is 0 Å². The lowest BCUT2D eigenvalue weighted by molar-refractivity contribution is 0.0600. The van der Waals surface area contributed by atoms with Crippen LogP contribution in [0.25, 0.3) is 0 Å². The fraction of sp³-hybridized carbons (Fsp3) is 0.364. The summed E-state index contributed by atoms with van der Waals surface area (Å²) >= 11 is 0. The lowest BCUT2D eigenvalue weighted by atomic mass is 10.1. The highest BCUT2D eigenvalue weighted by Crippen LogP contribution is 2.32. The fourth-order valence-electron chi connectivity index (χ4n) is 1.36. The van der Waals surface area contributed by atoms with E-state index < -0.39 is 5.85 Å². The molecule has 0 amide bonds. The van der Waals surface area contributed by atoms with Crippen LogP contribution in [0.3, 0.4) is 0 Å². The van der Waals surface area contributed by atoms with E-state index in [9.17, 15) is 9.18 Å². The highest BCUT2D eigenvalue weighted by molar-refractivity contribution is 5.89. The highest BCUT2D eigenvalue weighted by atomic mass is 19.2. The molecule has 0 N–H and O–H groups in total. The third-order valence-corrected chi connectivity index (χ3v) is 2.30. The van der Waals surface area contributed by atoms with Gasteiger partial charge in [-0.15, -0.1) is 0 Å². The third kappa shape index (κ3) is 2.33. The Labute approximate surface area is 86.8 Å². The zero-order chi connectivity index (χ0) is 10.9. The molecule has 0 aliphatic carbocycles. The van der Waals surface area contributed by atoms with Crippen LogP contribution >= 0.6 is 0 Å². The number of ether oxygens (including phenoxy) is 2. The molecular weight excluding hydrogens is 199 g/mol. The summed E-state index contributed by atoms with van der Waals surface area (Å²) in [6.45, 7) is 0.158. The number of hydrogen-bond donors (Lipinski definition) is 0. The van der Waals surface area contributed by atoms with Gasteiger partial charge in [-0.05, 0) is 17.7 Å². The maximum Gasteiger partial charge on any atom is 0.337 e. The smallest absolute Gasteiger partial charge is 0.337 e. The molecule has 1 aliphatic rings. The minimum absolute atomic E-state index is 0.158. The zero-order valence-corrected chi connectivity index (χ0v) is 8.33. The quantitative estimate of drug-likeness (QED) is 0.563. The number of benzene rings is 1. The second-order valence-electron chi connectivity index (χ2n) is 3.54. The van der Waals surface area contributed by atoms with Crippen LogP contribution in [-0.4, -0.2) is 25.5 Å². The molecule has 1 atom stereocenters. The van der Waals surface area contributed by atoms with Crippen LogP contribution in [0.5, 0.6) is 0 Å². The Morgan fingerprint density at radius 3 is 2.60 bits per heavy atom. The number of epoxide rings is 1. The van der Waals surface area contributed by atoms with Gasteiger partial charge < -0.3 is 9.47 Å². The second kappa shape index (κ2) is 3.62. The van der Waals surface area contributed by atoms with Gasteiger partial charge in [0.25, 0.3) is 0 Å². The van der Waals surface area contributed by atoms with Crippen LogP contribution in [0, 0.1) is 0 Å². The Balaban J connectivity index is 2.06. The van der Waals surface area contributed by atoms with E-state index in [0.29, 0.717) is 5.56 Å². The molecule has 2 rings (SSSR count). The summed E-state index contributed by atoms with van der Waals surface area (Å²) in [5, 5.41) is 0. The molecule has 80 valence electrons. The number of methoxy groups -OCH3 is 1. The van der Waals surface area contributed by atoms with Gasteiger partial charge in [0.1, 0.15) is 6.61 Å². The van der Waals surface area contributed by atoms with Crippen LogP contribution in [0.1, 0.15) is 15.9 Å². The second-order valence-corrected chi connectivity index (χ2v) is 3.54. The Hall–Kier alpha value is -1.42. The normalized spacial score (nSPS) is 23.6. The predicted octanol–water partition coefficient (Wildman–Crippen LogP) is 1.71. The third-order valence-electron chi connectivity index (χ3n) is 2.30. The number of hydrogen-bond acceptors (Lipinski definition) is 3. The summed E-state index contributed by atoms with van der Waals surface area (Å²) in [6, 6.07) is 6.64. The van der Waals surface area contributed by atoms with Crippen molar-refractivity contribution in [1.29, 1.82) is 0 Å². The summed E-state index contributed by atoms with van der Waals surface area (Å²) < 4.78 is 22.4. The van der Waals surface area contributed by atoms with Crippen molar-refractivity contribution in [2.45, 2.75) is 12.3 Å². The summed E-state index contributed by atoms with van der Waals surface area (Å²) in [5.41, 5.74) is 1.27. The molecule has 1 aromatic rings. The molecule has 15 heavy (non-hydrogen) atoms. The van der Waals surface area contributed by atoms with Crippen LogP contribution in [-0.2, 0) is 15.9 Å². The largest absolute Gasteiger partial charge is 0.465 e. The SMILES string of the molecule is COC(=O)c1ccc(CC2(F)CO2)cc1. The molecule has 0 aromatic heterocycles. The lowest BCUT2D eigenvalue weighted by Gasteiger charge is -2.03. The van der Waals surface area contributed by atoms with E-state index in [-0.39, 0.29) is 19.0 Å². The van der Waals surface area contributed by atoms with Crippen molar-refractivity contribution in [2.24, 2.45) is 0 Å². The first-order valence-corrected chi connectivity index (χ1v) is 4.63. The number of rotatable bonds is 3. The minimum atomic E-state index is -1.48. The van der Waals surface area contributed by atoms with E-state index in [4.69, 9.17) is 0 Å². The predicted molar refractivity (Wildman–Crippen MR) is 51.3 cm³/mol. The van der Waals surface area contributed by atoms with Crippen molar-refractivity contribution < 1.29 is 18.7 Å². The van der Waals surface area contributed by atoms with Gasteiger partial charge in [0.05, 0.1) is 12.7 Å². The average Bonchev–Trinajstić information content (AvgIpc) is 2.96. The standard InChI is InChI=1S/C11H11FO3/c1-14-10(13)9-4-2-8(3-5-9)6-11(12)7-15-11/h2-5H,6-7H2,1H3. The van der Waals surface area contributed by atoms with Crippen LogP contribution in [0.15, 0.2) is 24.3 Å². The topological polar surface area (TPSA) is 38.8 Å². The van der Waals surface area contributed by atoms with Gasteiger partial charge in [-0.25, -0.2) is 9.18 Å². The number of carbonyl (C=O) groups excluding carboxylic acids is 1. The highest BCUT2D eigenvalue weighted by Gasteiger charge is 2.45. The monoisotopic (exact) mass is 210 g/mol. The molecule has 0 spiro atoms. The summed E-state index contributed by atoms with van der Waals surface area (Å²) in [7, 11) is 1.32. The van der Waals surface area contributed by atoms with E-state index in [1.807, 2.05) is 0 Å². The van der Waals surface area contributed by atoms with Gasteiger partial charge in [0.2, 0.25) is 5.85 Å². The maximum absolute atomic E-state index is 13.2. The Morgan fingerprint density at radius 1 is 1.53 bits per heavy atom. The Kier molecular flexibility index (Phi) is 2.44. The molecule has 1 aromatic carbocycles. The Morgan fingerprint density at radius 2 is 2.13 bits per heavy atom. The first kappa shape index (κ1) is 10.1. The first-order valence-electron chi connectivity index (χ1n) is 4.63. The van der Waals surface area contributed by atoms with Gasteiger partial charge in [0.15, 0.2) is 0 Å². The zero-order valence-electron chi connectivity index (χ0n) is 8.33. The van der Waals surface area contributed by atoms with E-state index in [1.54, 1.807) is 24.3 Å². The molecule has 0 saturated carbocycles. The molecule has 4 heteroatoms. The lowest BCUT2D eigenvalue weighted by Crippen LogP contribution is -2.07. The molecule has 1 saturated heterocycles. The van der Waals surface area contributed by atoms with Crippen LogP contribution in [0.4, 0.5) is 4.39 Å². The summed E-state index contributed by atoms with van der Waals surface area (Å²) in [4.78, 5) is 11.1. The molecule has 1 fully saturated rings. The molecular formula is C11H11FO3. The number of alkyl halides is 1. The van der Waals surface area contributed by atoms with E-state index in [0.717, 1.165) is 5.56 Å². The van der Waals surface area contributed by atoms with Crippen LogP contribution in [0.2, 0.25) is 0 Å². The molecule has 1 aliphatic heterocycles. The maximum atomic E-state index is 13.2. The number of halogens is 1. The van der Waals surface area contributed by atoms with Gasteiger partial charge >= 0.3 is 5.97 Å². The minimum Gasteiger partial charge on any atom is -0.465 e. The Bertz CT molecular complexity index is 368. The number of carbonyl (C=O) groups is 1. The first-order chi connectivity index (χ1) is 7.13. The van der Waals surface area contributed by atoms with Crippen LogP contribution < -0.4 is 0 Å². The van der Waals surface area contributed by atoms with Gasteiger partial charge in [0, 0.05) is 6.42 Å². The van der Waals surface area contributed by atoms with Crippen molar-refractivity contribution in [2.75, 3.05) is 13.7 Å². The molecule has 1 heterocycles. The summed E-state index contributed by atoms with van der Waals surface area (Å²) in [6.07, 6.45) is 0.231. The van der Waals surface area contributed by atoms with Gasteiger partial charge in [-0.1, -0.05) is 12.1 Å². The number of esters is 1. The summed E-state index contributed by atoms with van der Waals surface area (Å²) in [5.74, 6) is -1.87. The average molecular weight is 210 g/mol. The molecule has 0 radical (unpaired) electrons. The molecule has 3 nitrogen and oxygen atoms in total.